The molecule has 0 spiro atoms. The number of hydrogen-bond acceptors (Lipinski definition) is 4. The van der Waals surface area contributed by atoms with Crippen LogP contribution < -0.4 is 5.73 Å². The summed E-state index contributed by atoms with van der Waals surface area (Å²) in [6.45, 7) is 5.46. The van der Waals surface area contributed by atoms with Gasteiger partial charge in [0.05, 0.1) is 6.10 Å². The number of amidine groups is 1. The first-order valence-electron chi connectivity index (χ1n) is 6.38. The summed E-state index contributed by atoms with van der Waals surface area (Å²) < 4.78 is 0. The Morgan fingerprint density at radius 3 is 2.68 bits per heavy atom. The SMILES string of the molecule is Cc1cc(/C(N)=N/O)ccc1CN(C)CCC(C)O. The lowest BCUT2D eigenvalue weighted by molar-refractivity contribution is 0.163. The van der Waals surface area contributed by atoms with E-state index in [2.05, 4.69) is 10.1 Å². The summed E-state index contributed by atoms with van der Waals surface area (Å²) in [6.07, 6.45) is 0.490. The zero-order valence-corrected chi connectivity index (χ0v) is 11.8. The van der Waals surface area contributed by atoms with Crippen molar-refractivity contribution in [3.05, 3.63) is 34.9 Å². The number of nitrogens with zero attached hydrogens (tertiary/aromatic N) is 2. The average molecular weight is 265 g/mol. The van der Waals surface area contributed by atoms with E-state index in [-0.39, 0.29) is 11.9 Å². The van der Waals surface area contributed by atoms with Crippen molar-refractivity contribution in [1.29, 1.82) is 0 Å². The van der Waals surface area contributed by atoms with Gasteiger partial charge < -0.3 is 20.9 Å². The Balaban J connectivity index is 2.69. The van der Waals surface area contributed by atoms with Gasteiger partial charge in [0, 0.05) is 18.7 Å². The third kappa shape index (κ3) is 4.89. The summed E-state index contributed by atoms with van der Waals surface area (Å²) in [5.41, 5.74) is 8.58. The zero-order valence-electron chi connectivity index (χ0n) is 11.8. The van der Waals surface area contributed by atoms with Crippen molar-refractivity contribution in [3.63, 3.8) is 0 Å². The maximum Gasteiger partial charge on any atom is 0.170 e. The lowest BCUT2D eigenvalue weighted by atomic mass is 10.0. The third-order valence-corrected chi connectivity index (χ3v) is 3.11. The maximum absolute atomic E-state index is 9.27. The molecule has 1 unspecified atom stereocenters. The van der Waals surface area contributed by atoms with Crippen molar-refractivity contribution in [2.75, 3.05) is 13.6 Å². The van der Waals surface area contributed by atoms with Gasteiger partial charge in [-0.3, -0.25) is 0 Å². The lowest BCUT2D eigenvalue weighted by Crippen LogP contribution is -2.22. The Morgan fingerprint density at radius 1 is 1.47 bits per heavy atom. The van der Waals surface area contributed by atoms with E-state index in [1.165, 1.54) is 5.56 Å². The van der Waals surface area contributed by atoms with Gasteiger partial charge >= 0.3 is 0 Å². The Bertz CT molecular complexity index is 444. The number of benzene rings is 1. The standard InChI is InChI=1S/C14H23N3O2/c1-10-8-12(14(15)16-19)4-5-13(10)9-17(3)7-6-11(2)18/h4-5,8,11,18-19H,6-7,9H2,1-3H3,(H2,15,16). The average Bonchev–Trinajstić information content (AvgIpc) is 2.37. The summed E-state index contributed by atoms with van der Waals surface area (Å²) in [6, 6.07) is 5.74. The first kappa shape index (κ1) is 15.5. The number of aliphatic hydroxyl groups excluding tert-OH is 1. The molecule has 0 aliphatic heterocycles. The van der Waals surface area contributed by atoms with Gasteiger partial charge in [0.25, 0.3) is 0 Å². The molecule has 0 saturated carbocycles. The Labute approximate surface area is 114 Å². The molecule has 0 bridgehead atoms. The predicted molar refractivity (Wildman–Crippen MR) is 76.3 cm³/mol. The molecular formula is C14H23N3O2. The predicted octanol–water partition coefficient (Wildman–Crippen LogP) is 1.29. The van der Waals surface area contributed by atoms with Gasteiger partial charge in [-0.15, -0.1) is 0 Å². The van der Waals surface area contributed by atoms with Crippen LogP contribution in [0.1, 0.15) is 30.0 Å². The second-order valence-corrected chi connectivity index (χ2v) is 5.00. The first-order chi connectivity index (χ1) is 8.93. The molecule has 0 fully saturated rings. The van der Waals surface area contributed by atoms with E-state index in [1.807, 2.05) is 32.2 Å². The maximum atomic E-state index is 9.27. The minimum atomic E-state index is -0.272. The molecule has 1 aromatic carbocycles. The Hall–Kier alpha value is -1.59. The van der Waals surface area contributed by atoms with E-state index >= 15 is 0 Å². The van der Waals surface area contributed by atoms with Crippen LogP contribution in [0.15, 0.2) is 23.4 Å². The fraction of sp³-hybridized carbons (Fsp3) is 0.500. The van der Waals surface area contributed by atoms with Crippen LogP contribution in [0.25, 0.3) is 0 Å². The van der Waals surface area contributed by atoms with Gasteiger partial charge in [-0.05, 0) is 44.5 Å². The minimum absolute atomic E-state index is 0.122. The summed E-state index contributed by atoms with van der Waals surface area (Å²) in [5.74, 6) is 0.122. The summed E-state index contributed by atoms with van der Waals surface area (Å²) >= 11 is 0. The Morgan fingerprint density at radius 2 is 2.16 bits per heavy atom. The number of aryl methyl sites for hydroxylation is 1. The van der Waals surface area contributed by atoms with Crippen LogP contribution in [-0.4, -0.2) is 40.7 Å². The van der Waals surface area contributed by atoms with Crippen LogP contribution in [0.5, 0.6) is 0 Å². The smallest absolute Gasteiger partial charge is 0.170 e. The highest BCUT2D eigenvalue weighted by atomic mass is 16.4. The van der Waals surface area contributed by atoms with Crippen LogP contribution in [0.4, 0.5) is 0 Å². The second kappa shape index (κ2) is 7.11. The number of rotatable bonds is 6. The molecule has 19 heavy (non-hydrogen) atoms. The highest BCUT2D eigenvalue weighted by Crippen LogP contribution is 2.13. The molecule has 0 aliphatic carbocycles. The normalized spacial score (nSPS) is 13.8. The number of nitrogens with two attached hydrogens (primary N) is 1. The largest absolute Gasteiger partial charge is 0.409 e. The summed E-state index contributed by atoms with van der Waals surface area (Å²) in [5, 5.41) is 20.9. The molecular weight excluding hydrogens is 242 g/mol. The van der Waals surface area contributed by atoms with Crippen molar-refractivity contribution >= 4 is 5.84 Å². The fourth-order valence-electron chi connectivity index (χ4n) is 1.87. The van der Waals surface area contributed by atoms with Crippen LogP contribution in [-0.2, 0) is 6.54 Å². The topological polar surface area (TPSA) is 82.1 Å². The monoisotopic (exact) mass is 265 g/mol. The van der Waals surface area contributed by atoms with Gasteiger partial charge in [-0.2, -0.15) is 0 Å². The van der Waals surface area contributed by atoms with E-state index < -0.39 is 0 Å². The molecule has 5 heteroatoms. The first-order valence-corrected chi connectivity index (χ1v) is 6.38. The number of hydrogen-bond donors (Lipinski definition) is 3. The van der Waals surface area contributed by atoms with E-state index in [4.69, 9.17) is 10.9 Å². The third-order valence-electron chi connectivity index (χ3n) is 3.11. The van der Waals surface area contributed by atoms with E-state index in [1.54, 1.807) is 6.92 Å². The Kier molecular flexibility index (Phi) is 5.79. The molecule has 5 nitrogen and oxygen atoms in total. The lowest BCUT2D eigenvalue weighted by Gasteiger charge is -2.19. The molecule has 1 atom stereocenters. The molecule has 0 heterocycles. The van der Waals surface area contributed by atoms with Crippen molar-refractivity contribution < 1.29 is 10.3 Å². The summed E-state index contributed by atoms with van der Waals surface area (Å²) in [4.78, 5) is 2.16. The van der Waals surface area contributed by atoms with E-state index in [9.17, 15) is 5.11 Å². The van der Waals surface area contributed by atoms with Crippen LogP contribution in [0.3, 0.4) is 0 Å². The quantitative estimate of drug-likeness (QED) is 0.313. The van der Waals surface area contributed by atoms with Crippen LogP contribution >= 0.6 is 0 Å². The molecule has 0 aromatic heterocycles. The van der Waals surface area contributed by atoms with Crippen molar-refractivity contribution in [3.8, 4) is 0 Å². The minimum Gasteiger partial charge on any atom is -0.409 e. The van der Waals surface area contributed by atoms with Crippen molar-refractivity contribution in [1.82, 2.24) is 4.90 Å². The van der Waals surface area contributed by atoms with Gasteiger partial charge in [-0.25, -0.2) is 0 Å². The molecule has 4 N–H and O–H groups in total. The molecule has 0 saturated heterocycles. The fourth-order valence-corrected chi connectivity index (χ4v) is 1.87. The molecule has 106 valence electrons. The molecule has 1 rings (SSSR count). The van der Waals surface area contributed by atoms with Crippen LogP contribution in [0.2, 0.25) is 0 Å². The van der Waals surface area contributed by atoms with Gasteiger partial charge in [0.2, 0.25) is 0 Å². The molecule has 0 amide bonds. The van der Waals surface area contributed by atoms with E-state index in [0.29, 0.717) is 0 Å². The highest BCUT2D eigenvalue weighted by Gasteiger charge is 2.07. The number of aliphatic hydroxyl groups is 1. The second-order valence-electron chi connectivity index (χ2n) is 5.00. The highest BCUT2D eigenvalue weighted by molar-refractivity contribution is 5.97. The number of oxime groups is 1. The van der Waals surface area contributed by atoms with Crippen LogP contribution in [0, 0.1) is 6.92 Å². The van der Waals surface area contributed by atoms with Crippen molar-refractivity contribution in [2.45, 2.75) is 32.9 Å². The molecule has 0 radical (unpaired) electrons. The van der Waals surface area contributed by atoms with E-state index in [0.717, 1.165) is 30.6 Å². The van der Waals surface area contributed by atoms with Gasteiger partial charge in [-0.1, -0.05) is 17.3 Å². The summed E-state index contributed by atoms with van der Waals surface area (Å²) in [7, 11) is 2.03. The van der Waals surface area contributed by atoms with Crippen molar-refractivity contribution in [2.24, 2.45) is 10.9 Å². The van der Waals surface area contributed by atoms with Gasteiger partial charge in [0.15, 0.2) is 5.84 Å². The van der Waals surface area contributed by atoms with Gasteiger partial charge in [0.1, 0.15) is 0 Å². The molecule has 1 aromatic rings. The molecule has 0 aliphatic rings. The zero-order chi connectivity index (χ0) is 14.4.